The molecule has 106 valence electrons. The minimum atomic E-state index is 0.117. The van der Waals surface area contributed by atoms with E-state index in [0.717, 1.165) is 18.6 Å². The predicted molar refractivity (Wildman–Crippen MR) is 82.3 cm³/mol. The standard InChI is InChI=1S/C17H25ClO/c1-6-17(5)15(18)10-16(17)19-13-7-8-14(11(2)3)12(4)9-13/h7-9,11,15-16H,6,10H2,1-5H3. The van der Waals surface area contributed by atoms with E-state index in [-0.39, 0.29) is 16.9 Å². The van der Waals surface area contributed by atoms with Crippen molar-refractivity contribution in [3.8, 4) is 5.75 Å². The lowest BCUT2D eigenvalue weighted by Crippen LogP contribution is -2.55. The van der Waals surface area contributed by atoms with Crippen LogP contribution < -0.4 is 4.74 Å². The van der Waals surface area contributed by atoms with Crippen LogP contribution in [0.4, 0.5) is 0 Å². The topological polar surface area (TPSA) is 9.23 Å². The molecule has 1 aromatic rings. The predicted octanol–water partition coefficient (Wildman–Crippen LogP) is 5.29. The van der Waals surface area contributed by atoms with Gasteiger partial charge in [0.05, 0.1) is 0 Å². The highest BCUT2D eigenvalue weighted by Gasteiger charge is 2.51. The molecule has 0 N–H and O–H groups in total. The molecule has 1 aliphatic rings. The fraction of sp³-hybridized carbons (Fsp3) is 0.647. The molecular weight excluding hydrogens is 256 g/mol. The summed E-state index contributed by atoms with van der Waals surface area (Å²) in [7, 11) is 0. The minimum absolute atomic E-state index is 0.117. The van der Waals surface area contributed by atoms with Crippen LogP contribution in [-0.4, -0.2) is 11.5 Å². The molecule has 0 bridgehead atoms. The zero-order chi connectivity index (χ0) is 14.2. The summed E-state index contributed by atoms with van der Waals surface area (Å²) in [5.74, 6) is 1.54. The van der Waals surface area contributed by atoms with Gasteiger partial charge >= 0.3 is 0 Å². The van der Waals surface area contributed by atoms with Crippen molar-refractivity contribution in [2.24, 2.45) is 5.41 Å². The second-order valence-corrected chi connectivity index (χ2v) is 6.87. The van der Waals surface area contributed by atoms with Crippen molar-refractivity contribution in [2.45, 2.75) is 64.9 Å². The Labute approximate surface area is 122 Å². The Hall–Kier alpha value is -0.690. The highest BCUT2D eigenvalue weighted by atomic mass is 35.5. The zero-order valence-electron chi connectivity index (χ0n) is 12.7. The van der Waals surface area contributed by atoms with Gasteiger partial charge in [-0.15, -0.1) is 11.6 Å². The van der Waals surface area contributed by atoms with E-state index in [2.05, 4.69) is 52.8 Å². The normalized spacial score (nSPS) is 30.3. The van der Waals surface area contributed by atoms with Gasteiger partial charge < -0.3 is 4.74 Å². The number of rotatable bonds is 4. The van der Waals surface area contributed by atoms with Crippen LogP contribution >= 0.6 is 11.6 Å². The van der Waals surface area contributed by atoms with Crippen molar-refractivity contribution in [1.82, 2.24) is 0 Å². The maximum Gasteiger partial charge on any atom is 0.120 e. The maximum absolute atomic E-state index is 6.34. The van der Waals surface area contributed by atoms with E-state index in [1.54, 1.807) is 0 Å². The third-order valence-electron chi connectivity index (χ3n) is 4.78. The highest BCUT2D eigenvalue weighted by molar-refractivity contribution is 6.21. The van der Waals surface area contributed by atoms with Crippen molar-refractivity contribution < 1.29 is 4.74 Å². The summed E-state index contributed by atoms with van der Waals surface area (Å²) in [5, 5.41) is 0.249. The first kappa shape index (κ1) is 14.7. The van der Waals surface area contributed by atoms with E-state index in [9.17, 15) is 0 Å². The fourth-order valence-corrected chi connectivity index (χ4v) is 3.39. The summed E-state index contributed by atoms with van der Waals surface area (Å²) in [5.41, 5.74) is 2.83. The highest BCUT2D eigenvalue weighted by Crippen LogP contribution is 2.49. The smallest absolute Gasteiger partial charge is 0.120 e. The van der Waals surface area contributed by atoms with Crippen LogP contribution in [0, 0.1) is 12.3 Å². The summed E-state index contributed by atoms with van der Waals surface area (Å²) in [6, 6.07) is 6.45. The number of aryl methyl sites for hydroxylation is 1. The molecule has 0 spiro atoms. The van der Waals surface area contributed by atoms with Crippen LogP contribution in [0.3, 0.4) is 0 Å². The van der Waals surface area contributed by atoms with E-state index in [0.29, 0.717) is 5.92 Å². The largest absolute Gasteiger partial charge is 0.490 e. The monoisotopic (exact) mass is 280 g/mol. The van der Waals surface area contributed by atoms with Crippen LogP contribution in [-0.2, 0) is 0 Å². The number of hydrogen-bond donors (Lipinski definition) is 0. The molecule has 1 fully saturated rings. The molecule has 0 aliphatic heterocycles. The average Bonchev–Trinajstić information content (AvgIpc) is 2.37. The molecule has 1 saturated carbocycles. The van der Waals surface area contributed by atoms with Gasteiger partial charge in [-0.05, 0) is 42.5 Å². The maximum atomic E-state index is 6.34. The van der Waals surface area contributed by atoms with Gasteiger partial charge in [0.1, 0.15) is 11.9 Å². The van der Waals surface area contributed by atoms with E-state index in [1.165, 1.54) is 11.1 Å². The molecule has 2 rings (SSSR count). The Morgan fingerprint density at radius 2 is 2.11 bits per heavy atom. The number of ether oxygens (including phenoxy) is 1. The van der Waals surface area contributed by atoms with E-state index >= 15 is 0 Å². The Morgan fingerprint density at radius 3 is 2.58 bits per heavy atom. The quantitative estimate of drug-likeness (QED) is 0.681. The molecule has 1 aliphatic carbocycles. The molecule has 0 amide bonds. The minimum Gasteiger partial charge on any atom is -0.490 e. The van der Waals surface area contributed by atoms with Gasteiger partial charge in [-0.25, -0.2) is 0 Å². The van der Waals surface area contributed by atoms with Gasteiger partial charge in [0.25, 0.3) is 0 Å². The first-order valence-corrected chi connectivity index (χ1v) is 7.73. The molecular formula is C17H25ClO. The van der Waals surface area contributed by atoms with Crippen LogP contribution in [0.15, 0.2) is 18.2 Å². The molecule has 1 aromatic carbocycles. The van der Waals surface area contributed by atoms with Gasteiger partial charge in [-0.2, -0.15) is 0 Å². The summed E-state index contributed by atoms with van der Waals surface area (Å²) in [6.07, 6.45) is 2.27. The summed E-state index contributed by atoms with van der Waals surface area (Å²) in [4.78, 5) is 0. The summed E-state index contributed by atoms with van der Waals surface area (Å²) >= 11 is 6.34. The Kier molecular flexibility index (Phi) is 4.15. The number of hydrogen-bond acceptors (Lipinski definition) is 1. The molecule has 2 heteroatoms. The van der Waals surface area contributed by atoms with Crippen molar-refractivity contribution in [3.63, 3.8) is 0 Å². The van der Waals surface area contributed by atoms with E-state index in [4.69, 9.17) is 16.3 Å². The Balaban J connectivity index is 2.11. The molecule has 0 saturated heterocycles. The lowest BCUT2D eigenvalue weighted by atomic mass is 9.65. The second-order valence-electron chi connectivity index (χ2n) is 6.34. The fourth-order valence-electron chi connectivity index (χ4n) is 2.93. The second kappa shape index (κ2) is 5.36. The van der Waals surface area contributed by atoms with Gasteiger partial charge in [-0.1, -0.05) is 33.8 Å². The van der Waals surface area contributed by atoms with Gasteiger partial charge in [0.15, 0.2) is 0 Å². The van der Waals surface area contributed by atoms with Crippen LogP contribution in [0.5, 0.6) is 5.75 Å². The average molecular weight is 281 g/mol. The van der Waals surface area contributed by atoms with Gasteiger partial charge in [0, 0.05) is 17.2 Å². The van der Waals surface area contributed by atoms with Gasteiger partial charge in [-0.3, -0.25) is 0 Å². The molecule has 0 radical (unpaired) electrons. The Bertz CT molecular complexity index is 455. The molecule has 0 aromatic heterocycles. The van der Waals surface area contributed by atoms with Crippen molar-refractivity contribution in [2.75, 3.05) is 0 Å². The lowest BCUT2D eigenvalue weighted by molar-refractivity contribution is -0.0295. The molecule has 3 atom stereocenters. The molecule has 1 nitrogen and oxygen atoms in total. The number of alkyl halides is 1. The third kappa shape index (κ3) is 2.63. The van der Waals surface area contributed by atoms with Crippen LogP contribution in [0.25, 0.3) is 0 Å². The molecule has 0 heterocycles. The number of benzene rings is 1. The van der Waals surface area contributed by atoms with E-state index in [1.807, 2.05) is 0 Å². The lowest BCUT2D eigenvalue weighted by Gasteiger charge is -2.50. The number of halogens is 1. The zero-order valence-corrected chi connectivity index (χ0v) is 13.4. The van der Waals surface area contributed by atoms with Crippen molar-refractivity contribution in [3.05, 3.63) is 29.3 Å². The van der Waals surface area contributed by atoms with E-state index < -0.39 is 0 Å². The Morgan fingerprint density at radius 1 is 1.42 bits per heavy atom. The van der Waals surface area contributed by atoms with Crippen LogP contribution in [0.2, 0.25) is 0 Å². The first-order valence-electron chi connectivity index (χ1n) is 7.29. The van der Waals surface area contributed by atoms with Crippen molar-refractivity contribution >= 4 is 11.6 Å². The van der Waals surface area contributed by atoms with Crippen molar-refractivity contribution in [1.29, 1.82) is 0 Å². The SMILES string of the molecule is CCC1(C)C(Cl)CC1Oc1ccc(C(C)C)c(C)c1. The first-order chi connectivity index (χ1) is 8.88. The van der Waals surface area contributed by atoms with Gasteiger partial charge in [0.2, 0.25) is 0 Å². The summed E-state index contributed by atoms with van der Waals surface area (Å²) in [6.45, 7) is 11.0. The van der Waals surface area contributed by atoms with Crippen LogP contribution in [0.1, 0.15) is 57.6 Å². The third-order valence-corrected chi connectivity index (χ3v) is 5.45. The molecule has 19 heavy (non-hydrogen) atoms. The summed E-state index contributed by atoms with van der Waals surface area (Å²) < 4.78 is 6.16. The molecule has 3 unspecified atom stereocenters.